The fourth-order valence-electron chi connectivity index (χ4n) is 1.88. The van der Waals surface area contributed by atoms with Crippen molar-refractivity contribution in [3.63, 3.8) is 0 Å². The summed E-state index contributed by atoms with van der Waals surface area (Å²) in [7, 11) is 0. The smallest absolute Gasteiger partial charge is 0.419 e. The van der Waals surface area contributed by atoms with Gasteiger partial charge in [0.15, 0.2) is 0 Å². The van der Waals surface area contributed by atoms with E-state index in [1.54, 1.807) is 6.07 Å². The van der Waals surface area contributed by atoms with Crippen LogP contribution in [0.1, 0.15) is 16.7 Å². The zero-order valence-electron chi connectivity index (χ0n) is 11.0. The molecule has 0 unspecified atom stereocenters. The third-order valence-electron chi connectivity index (χ3n) is 2.95. The van der Waals surface area contributed by atoms with Crippen LogP contribution in [0.25, 0.3) is 0 Å². The molecule has 0 radical (unpaired) electrons. The van der Waals surface area contributed by atoms with Crippen molar-refractivity contribution in [1.29, 1.82) is 0 Å². The predicted molar refractivity (Wildman–Crippen MR) is 70.1 cm³/mol. The highest BCUT2D eigenvalue weighted by atomic mass is 19.4. The highest BCUT2D eigenvalue weighted by Crippen LogP contribution is 2.36. The summed E-state index contributed by atoms with van der Waals surface area (Å²) in [5, 5.41) is 0. The molecule has 0 saturated carbocycles. The molecule has 112 valence electrons. The van der Waals surface area contributed by atoms with Gasteiger partial charge in [0, 0.05) is 17.7 Å². The lowest BCUT2D eigenvalue weighted by Gasteiger charge is -2.14. The fraction of sp³-hybridized carbons (Fsp3) is 0.200. The van der Waals surface area contributed by atoms with E-state index in [0.717, 1.165) is 6.07 Å². The Bertz CT molecular complexity index is 625. The molecular formula is C15H13F4NO. The van der Waals surface area contributed by atoms with Crippen LogP contribution < -0.4 is 10.5 Å². The van der Waals surface area contributed by atoms with Gasteiger partial charge < -0.3 is 10.5 Å². The Hall–Kier alpha value is -2.08. The maximum atomic E-state index is 13.9. The monoisotopic (exact) mass is 299 g/mol. The Morgan fingerprint density at radius 3 is 2.29 bits per heavy atom. The normalized spacial score (nSPS) is 11.5. The van der Waals surface area contributed by atoms with E-state index in [4.69, 9.17) is 10.5 Å². The second-order valence-electron chi connectivity index (χ2n) is 4.38. The molecule has 0 aliphatic rings. The van der Waals surface area contributed by atoms with Gasteiger partial charge in [0.25, 0.3) is 0 Å². The summed E-state index contributed by atoms with van der Waals surface area (Å²) in [6, 6.07) is 9.37. The Morgan fingerprint density at radius 2 is 1.62 bits per heavy atom. The Balaban J connectivity index is 2.22. The van der Waals surface area contributed by atoms with Crippen LogP contribution in [0.5, 0.6) is 5.75 Å². The van der Waals surface area contributed by atoms with Gasteiger partial charge in [-0.15, -0.1) is 0 Å². The van der Waals surface area contributed by atoms with Crippen molar-refractivity contribution in [2.45, 2.75) is 19.3 Å². The number of hydrogen-bond donors (Lipinski definition) is 1. The van der Waals surface area contributed by atoms with E-state index >= 15 is 0 Å². The van der Waals surface area contributed by atoms with E-state index in [9.17, 15) is 17.6 Å². The van der Waals surface area contributed by atoms with Crippen LogP contribution in [0.15, 0.2) is 42.5 Å². The standard InChI is InChI=1S/C15H13F4NO/c16-14-10(8-20)4-3-5-11(14)9-21-13-7-2-1-6-12(13)15(17,18)19/h1-7H,8-9,20H2. The molecular weight excluding hydrogens is 286 g/mol. The van der Waals surface area contributed by atoms with Gasteiger partial charge in [-0.25, -0.2) is 4.39 Å². The molecule has 2 aromatic rings. The van der Waals surface area contributed by atoms with Gasteiger partial charge in [-0.3, -0.25) is 0 Å². The number of hydrogen-bond acceptors (Lipinski definition) is 2. The van der Waals surface area contributed by atoms with Crippen LogP contribution in [-0.2, 0) is 19.3 Å². The van der Waals surface area contributed by atoms with Crippen molar-refractivity contribution in [1.82, 2.24) is 0 Å². The first kappa shape index (κ1) is 15.3. The van der Waals surface area contributed by atoms with E-state index in [-0.39, 0.29) is 24.5 Å². The van der Waals surface area contributed by atoms with Crippen molar-refractivity contribution in [3.8, 4) is 5.75 Å². The topological polar surface area (TPSA) is 35.2 Å². The molecule has 2 rings (SSSR count). The maximum absolute atomic E-state index is 13.9. The van der Waals surface area contributed by atoms with Gasteiger partial charge in [0.2, 0.25) is 0 Å². The minimum atomic E-state index is -4.52. The summed E-state index contributed by atoms with van der Waals surface area (Å²) in [6.45, 7) is -0.286. The lowest BCUT2D eigenvalue weighted by atomic mass is 10.1. The summed E-state index contributed by atoms with van der Waals surface area (Å²) in [5.74, 6) is -0.882. The van der Waals surface area contributed by atoms with Crippen LogP contribution in [0.3, 0.4) is 0 Å². The van der Waals surface area contributed by atoms with E-state index in [0.29, 0.717) is 5.56 Å². The Labute approximate surface area is 119 Å². The van der Waals surface area contributed by atoms with Gasteiger partial charge >= 0.3 is 6.18 Å². The molecule has 2 N–H and O–H groups in total. The van der Waals surface area contributed by atoms with Crippen molar-refractivity contribution in [3.05, 3.63) is 65.0 Å². The van der Waals surface area contributed by atoms with Crippen LogP contribution >= 0.6 is 0 Å². The lowest BCUT2D eigenvalue weighted by Crippen LogP contribution is -2.10. The van der Waals surface area contributed by atoms with Crippen LogP contribution in [-0.4, -0.2) is 0 Å². The quantitative estimate of drug-likeness (QED) is 0.870. The molecule has 0 amide bonds. The molecule has 0 bridgehead atoms. The second kappa shape index (κ2) is 6.13. The minimum Gasteiger partial charge on any atom is -0.488 e. The highest BCUT2D eigenvalue weighted by molar-refractivity contribution is 5.36. The minimum absolute atomic E-state index is 0.0127. The molecule has 2 aromatic carbocycles. The predicted octanol–water partition coefficient (Wildman–Crippen LogP) is 3.88. The molecule has 0 heterocycles. The van der Waals surface area contributed by atoms with Gasteiger partial charge in [-0.05, 0) is 12.1 Å². The molecule has 0 aromatic heterocycles. The molecule has 0 fully saturated rings. The van der Waals surface area contributed by atoms with Crippen LogP contribution in [0, 0.1) is 5.82 Å². The Morgan fingerprint density at radius 1 is 0.952 bits per heavy atom. The van der Waals surface area contributed by atoms with Crippen molar-refractivity contribution < 1.29 is 22.3 Å². The molecule has 0 aliphatic carbocycles. The SMILES string of the molecule is NCc1cccc(COc2ccccc2C(F)(F)F)c1F. The third-order valence-corrected chi connectivity index (χ3v) is 2.95. The second-order valence-corrected chi connectivity index (χ2v) is 4.38. The fourth-order valence-corrected chi connectivity index (χ4v) is 1.88. The molecule has 0 aliphatic heterocycles. The average molecular weight is 299 g/mol. The first-order valence-corrected chi connectivity index (χ1v) is 6.19. The van der Waals surface area contributed by atoms with Gasteiger partial charge in [0.05, 0.1) is 5.56 Å². The lowest BCUT2D eigenvalue weighted by molar-refractivity contribution is -0.139. The number of ether oxygens (including phenoxy) is 1. The molecule has 6 heteroatoms. The van der Waals surface area contributed by atoms with Crippen molar-refractivity contribution in [2.75, 3.05) is 0 Å². The summed E-state index contributed by atoms with van der Waals surface area (Å²) < 4.78 is 57.5. The van der Waals surface area contributed by atoms with E-state index < -0.39 is 17.6 Å². The van der Waals surface area contributed by atoms with E-state index in [2.05, 4.69) is 0 Å². The largest absolute Gasteiger partial charge is 0.488 e. The molecule has 0 spiro atoms. The number of halogens is 4. The number of benzene rings is 2. The molecule has 2 nitrogen and oxygen atoms in total. The average Bonchev–Trinajstić information content (AvgIpc) is 2.45. The van der Waals surface area contributed by atoms with Crippen molar-refractivity contribution >= 4 is 0 Å². The van der Waals surface area contributed by atoms with E-state index in [1.807, 2.05) is 0 Å². The highest BCUT2D eigenvalue weighted by Gasteiger charge is 2.34. The molecule has 0 saturated heterocycles. The van der Waals surface area contributed by atoms with Gasteiger partial charge in [-0.1, -0.05) is 30.3 Å². The Kier molecular flexibility index (Phi) is 4.47. The maximum Gasteiger partial charge on any atom is 0.419 e. The number of nitrogens with two attached hydrogens (primary N) is 1. The van der Waals surface area contributed by atoms with Crippen LogP contribution in [0.4, 0.5) is 17.6 Å². The summed E-state index contributed by atoms with van der Waals surface area (Å²) in [5.41, 5.74) is 4.94. The number of para-hydroxylation sites is 1. The molecule has 21 heavy (non-hydrogen) atoms. The van der Waals surface area contributed by atoms with Gasteiger partial charge in [0.1, 0.15) is 18.2 Å². The molecule has 0 atom stereocenters. The first-order chi connectivity index (χ1) is 9.93. The summed E-state index contributed by atoms with van der Waals surface area (Å²) in [4.78, 5) is 0. The van der Waals surface area contributed by atoms with E-state index in [1.165, 1.54) is 30.3 Å². The van der Waals surface area contributed by atoms with Gasteiger partial charge in [-0.2, -0.15) is 13.2 Å². The third kappa shape index (κ3) is 3.52. The summed E-state index contributed by atoms with van der Waals surface area (Å²) in [6.07, 6.45) is -4.52. The summed E-state index contributed by atoms with van der Waals surface area (Å²) >= 11 is 0. The zero-order valence-corrected chi connectivity index (χ0v) is 11.0. The number of alkyl halides is 3. The first-order valence-electron chi connectivity index (χ1n) is 6.19. The van der Waals surface area contributed by atoms with Crippen molar-refractivity contribution in [2.24, 2.45) is 5.73 Å². The number of rotatable bonds is 4. The van der Waals surface area contributed by atoms with Crippen LogP contribution in [0.2, 0.25) is 0 Å². The zero-order chi connectivity index (χ0) is 15.5.